The van der Waals surface area contributed by atoms with Crippen LogP contribution in [0.5, 0.6) is 0 Å². The van der Waals surface area contributed by atoms with Gasteiger partial charge in [-0.2, -0.15) is 5.10 Å². The first kappa shape index (κ1) is 14.6. The van der Waals surface area contributed by atoms with Gasteiger partial charge in [-0.15, -0.1) is 0 Å². The first-order valence-corrected chi connectivity index (χ1v) is 7.70. The highest BCUT2D eigenvalue weighted by Crippen LogP contribution is 2.48. The van der Waals surface area contributed by atoms with Gasteiger partial charge < -0.3 is 5.11 Å². The van der Waals surface area contributed by atoms with Gasteiger partial charge in [0.2, 0.25) is 0 Å². The average Bonchev–Trinajstić information content (AvgIpc) is 3.18. The van der Waals surface area contributed by atoms with Crippen molar-refractivity contribution in [3.8, 4) is 0 Å². The van der Waals surface area contributed by atoms with E-state index in [1.807, 2.05) is 18.5 Å². The van der Waals surface area contributed by atoms with Crippen molar-refractivity contribution >= 4 is 21.9 Å². The molecule has 1 atom stereocenters. The van der Waals surface area contributed by atoms with E-state index < -0.39 is 11.4 Å². The minimum atomic E-state index is -0.691. The summed E-state index contributed by atoms with van der Waals surface area (Å²) in [4.78, 5) is 11.6. The molecule has 1 heterocycles. The largest absolute Gasteiger partial charge is 0.481 e. The number of nitrogens with zero attached hydrogens (tertiary/aromatic N) is 2. The maximum absolute atomic E-state index is 11.6. The summed E-state index contributed by atoms with van der Waals surface area (Å²) >= 11 is 3.60. The molecule has 1 aromatic rings. The smallest absolute Gasteiger partial charge is 0.310 e. The zero-order valence-corrected chi connectivity index (χ0v) is 13.3. The van der Waals surface area contributed by atoms with E-state index >= 15 is 0 Å². The Labute approximate surface area is 122 Å². The van der Waals surface area contributed by atoms with Gasteiger partial charge in [0.05, 0.1) is 21.3 Å². The molecule has 0 aliphatic heterocycles. The fourth-order valence-electron chi connectivity index (χ4n) is 2.65. The maximum Gasteiger partial charge on any atom is 0.310 e. The van der Waals surface area contributed by atoms with Gasteiger partial charge in [-0.1, -0.05) is 6.92 Å². The molecule has 1 unspecified atom stereocenters. The Morgan fingerprint density at radius 2 is 2.16 bits per heavy atom. The van der Waals surface area contributed by atoms with Crippen molar-refractivity contribution in [3.05, 3.63) is 15.9 Å². The minimum absolute atomic E-state index is 0.308. The van der Waals surface area contributed by atoms with E-state index in [9.17, 15) is 9.90 Å². The molecule has 19 heavy (non-hydrogen) atoms. The first-order valence-electron chi connectivity index (χ1n) is 6.91. The third-order valence-electron chi connectivity index (χ3n) is 4.20. The predicted molar refractivity (Wildman–Crippen MR) is 77.1 cm³/mol. The summed E-state index contributed by atoms with van der Waals surface area (Å²) in [6.45, 7) is 6.75. The van der Waals surface area contributed by atoms with Crippen LogP contribution in [-0.4, -0.2) is 20.9 Å². The number of carboxylic acids is 1. The summed E-state index contributed by atoms with van der Waals surface area (Å²) in [6, 6.07) is 0. The summed E-state index contributed by atoms with van der Waals surface area (Å²) in [6.07, 6.45) is 3.46. The topological polar surface area (TPSA) is 55.1 Å². The maximum atomic E-state index is 11.6. The number of hydrogen-bond donors (Lipinski definition) is 1. The Morgan fingerprint density at radius 3 is 2.58 bits per heavy atom. The van der Waals surface area contributed by atoms with Gasteiger partial charge in [0.25, 0.3) is 0 Å². The van der Waals surface area contributed by atoms with Crippen molar-refractivity contribution < 1.29 is 9.90 Å². The Balaban J connectivity index is 2.36. The van der Waals surface area contributed by atoms with Crippen LogP contribution < -0.4 is 0 Å². The quantitative estimate of drug-likeness (QED) is 0.871. The van der Waals surface area contributed by atoms with E-state index in [1.54, 1.807) is 0 Å². The van der Waals surface area contributed by atoms with Crippen LogP contribution in [0.2, 0.25) is 0 Å². The zero-order valence-electron chi connectivity index (χ0n) is 11.7. The normalized spacial score (nSPS) is 18.3. The van der Waals surface area contributed by atoms with Crippen LogP contribution in [0.1, 0.15) is 45.0 Å². The second kappa shape index (κ2) is 5.27. The van der Waals surface area contributed by atoms with Crippen LogP contribution >= 0.6 is 15.9 Å². The van der Waals surface area contributed by atoms with Crippen molar-refractivity contribution in [2.45, 2.75) is 53.0 Å². The first-order chi connectivity index (χ1) is 8.93. The number of aliphatic carboxylic acids is 1. The molecule has 1 aliphatic carbocycles. The van der Waals surface area contributed by atoms with Gasteiger partial charge in [0, 0.05) is 13.0 Å². The molecule has 0 spiro atoms. The monoisotopic (exact) mass is 328 g/mol. The molecule has 4 nitrogen and oxygen atoms in total. The van der Waals surface area contributed by atoms with Crippen LogP contribution in [0.15, 0.2) is 4.47 Å². The highest BCUT2D eigenvalue weighted by molar-refractivity contribution is 9.10. The van der Waals surface area contributed by atoms with Crippen LogP contribution in [0.25, 0.3) is 0 Å². The molecule has 1 N–H and O–H groups in total. The summed E-state index contributed by atoms with van der Waals surface area (Å²) in [5.41, 5.74) is 1.37. The van der Waals surface area contributed by atoms with E-state index in [4.69, 9.17) is 0 Å². The van der Waals surface area contributed by atoms with Crippen molar-refractivity contribution in [2.24, 2.45) is 11.3 Å². The molecule has 0 aromatic carbocycles. The number of carboxylic acid groups (broad SMARTS) is 1. The highest BCUT2D eigenvalue weighted by Gasteiger charge is 2.48. The fourth-order valence-corrected chi connectivity index (χ4v) is 3.35. The molecule has 0 radical (unpaired) electrons. The molecule has 106 valence electrons. The van der Waals surface area contributed by atoms with Crippen molar-refractivity contribution in [1.82, 2.24) is 9.78 Å². The number of carbonyl (C=O) groups is 1. The molecule has 5 heteroatoms. The van der Waals surface area contributed by atoms with Gasteiger partial charge in [-0.3, -0.25) is 9.48 Å². The molecule has 2 rings (SSSR count). The van der Waals surface area contributed by atoms with E-state index in [1.165, 1.54) is 0 Å². The Hall–Kier alpha value is -0.840. The molecule has 0 bridgehead atoms. The Kier molecular flexibility index (Phi) is 4.04. The van der Waals surface area contributed by atoms with Crippen LogP contribution in [0, 0.1) is 11.3 Å². The second-order valence-corrected chi connectivity index (χ2v) is 6.34. The molecule has 0 amide bonds. The molecule has 0 saturated heterocycles. The number of aryl methyl sites for hydroxylation is 2. The molecule has 1 fully saturated rings. The SMILES string of the molecule is CCc1nn(CC)c(CC(C)(C(=O)O)C2CC2)c1Br. The summed E-state index contributed by atoms with van der Waals surface area (Å²) in [5.74, 6) is -0.383. The summed E-state index contributed by atoms with van der Waals surface area (Å²) in [7, 11) is 0. The van der Waals surface area contributed by atoms with Crippen LogP contribution in [-0.2, 0) is 24.2 Å². The summed E-state index contributed by atoms with van der Waals surface area (Å²) in [5, 5.41) is 14.1. The number of hydrogen-bond acceptors (Lipinski definition) is 2. The molecule has 1 saturated carbocycles. The lowest BCUT2D eigenvalue weighted by Gasteiger charge is -2.25. The van der Waals surface area contributed by atoms with Crippen molar-refractivity contribution in [1.29, 1.82) is 0 Å². The van der Waals surface area contributed by atoms with E-state index in [0.717, 1.165) is 41.7 Å². The van der Waals surface area contributed by atoms with E-state index in [-0.39, 0.29) is 0 Å². The highest BCUT2D eigenvalue weighted by atomic mass is 79.9. The van der Waals surface area contributed by atoms with Gasteiger partial charge >= 0.3 is 5.97 Å². The summed E-state index contributed by atoms with van der Waals surface area (Å²) < 4.78 is 2.93. The number of rotatable bonds is 6. The van der Waals surface area contributed by atoms with E-state index in [0.29, 0.717) is 12.3 Å². The van der Waals surface area contributed by atoms with Crippen LogP contribution in [0.4, 0.5) is 0 Å². The Bertz CT molecular complexity index is 494. The van der Waals surface area contributed by atoms with Gasteiger partial charge in [0.1, 0.15) is 0 Å². The lowest BCUT2D eigenvalue weighted by Crippen LogP contribution is -2.33. The van der Waals surface area contributed by atoms with Gasteiger partial charge in [-0.25, -0.2) is 0 Å². The van der Waals surface area contributed by atoms with Gasteiger partial charge in [0.15, 0.2) is 0 Å². The van der Waals surface area contributed by atoms with Crippen molar-refractivity contribution in [2.75, 3.05) is 0 Å². The molecular formula is C14H21BrN2O2. The molecular weight excluding hydrogens is 308 g/mol. The standard InChI is InChI=1S/C14H21BrN2O2/c1-4-10-12(15)11(17(5-2)16-10)8-14(3,13(18)19)9-6-7-9/h9H,4-8H2,1-3H3,(H,18,19). The lowest BCUT2D eigenvalue weighted by molar-refractivity contribution is -0.149. The average molecular weight is 329 g/mol. The van der Waals surface area contributed by atoms with Gasteiger partial charge in [-0.05, 0) is 55.0 Å². The third-order valence-corrected chi connectivity index (χ3v) is 5.11. The van der Waals surface area contributed by atoms with Crippen molar-refractivity contribution in [3.63, 3.8) is 0 Å². The second-order valence-electron chi connectivity index (χ2n) is 5.55. The molecule has 1 aliphatic rings. The predicted octanol–water partition coefficient (Wildman–Crippen LogP) is 3.27. The lowest BCUT2D eigenvalue weighted by atomic mass is 9.80. The molecule has 1 aromatic heterocycles. The third kappa shape index (κ3) is 2.57. The number of aromatic nitrogens is 2. The minimum Gasteiger partial charge on any atom is -0.481 e. The Morgan fingerprint density at radius 1 is 1.53 bits per heavy atom. The van der Waals surface area contributed by atoms with Crippen LogP contribution in [0.3, 0.4) is 0 Å². The van der Waals surface area contributed by atoms with E-state index in [2.05, 4.69) is 28.0 Å². The fraction of sp³-hybridized carbons (Fsp3) is 0.714. The zero-order chi connectivity index (χ0) is 14.2. The number of halogens is 1.